The Balaban J connectivity index is 2.26. The molecule has 0 aliphatic heterocycles. The lowest BCUT2D eigenvalue weighted by atomic mass is 10.1. The maximum absolute atomic E-state index is 13.8. The Morgan fingerprint density at radius 3 is 2.94 bits per heavy atom. The maximum atomic E-state index is 13.8. The van der Waals surface area contributed by atoms with E-state index in [-0.39, 0.29) is 5.82 Å². The summed E-state index contributed by atoms with van der Waals surface area (Å²) < 4.78 is 18.8. The molecule has 0 aliphatic rings. The topological polar surface area (TPSA) is 51.8 Å². The monoisotopic (exact) mass is 283 g/mol. The predicted molar refractivity (Wildman–Crippen MR) is 72.6 cm³/mol. The second kappa shape index (κ2) is 6.26. The summed E-state index contributed by atoms with van der Waals surface area (Å²) in [7, 11) is 0. The minimum atomic E-state index is -0.223. The highest BCUT2D eigenvalue weighted by Gasteiger charge is 2.12. The molecule has 0 spiro atoms. The Morgan fingerprint density at radius 1 is 1.44 bits per heavy atom. The molecule has 0 amide bonds. The van der Waals surface area contributed by atoms with E-state index in [0.717, 1.165) is 22.1 Å². The molecule has 6 heteroatoms. The van der Waals surface area contributed by atoms with Crippen molar-refractivity contribution in [2.75, 3.05) is 6.54 Å². The molecule has 0 atom stereocenters. The van der Waals surface area contributed by atoms with Crippen LogP contribution in [0.3, 0.4) is 0 Å². The summed E-state index contributed by atoms with van der Waals surface area (Å²) >= 11 is 2.64. The van der Waals surface area contributed by atoms with E-state index in [9.17, 15) is 4.39 Å². The number of hydrogen-bond acceptors (Lipinski definition) is 5. The van der Waals surface area contributed by atoms with Gasteiger partial charge in [-0.05, 0) is 36.1 Å². The van der Waals surface area contributed by atoms with Crippen LogP contribution in [0.2, 0.25) is 0 Å². The molecule has 0 unspecified atom stereocenters. The van der Waals surface area contributed by atoms with E-state index in [1.54, 1.807) is 6.07 Å². The van der Waals surface area contributed by atoms with Gasteiger partial charge in [0.1, 0.15) is 11.6 Å². The van der Waals surface area contributed by atoms with Crippen LogP contribution in [0.4, 0.5) is 4.39 Å². The van der Waals surface area contributed by atoms with Crippen LogP contribution in [-0.4, -0.2) is 15.9 Å². The van der Waals surface area contributed by atoms with E-state index in [0.29, 0.717) is 17.9 Å². The highest BCUT2D eigenvalue weighted by atomic mass is 32.2. The van der Waals surface area contributed by atoms with Crippen molar-refractivity contribution in [2.45, 2.75) is 29.0 Å². The highest BCUT2D eigenvalue weighted by Crippen LogP contribution is 2.33. The number of nitrogens with zero attached hydrogens (tertiary/aromatic N) is 2. The summed E-state index contributed by atoms with van der Waals surface area (Å²) in [6, 6.07) is 5.08. The zero-order chi connectivity index (χ0) is 13.0. The van der Waals surface area contributed by atoms with Gasteiger partial charge >= 0.3 is 0 Å². The van der Waals surface area contributed by atoms with Gasteiger partial charge in [0.2, 0.25) is 0 Å². The third kappa shape index (κ3) is 3.07. The molecule has 0 saturated heterocycles. The third-order valence-corrected chi connectivity index (χ3v) is 4.37. The fourth-order valence-corrected chi connectivity index (χ4v) is 3.33. The minimum Gasteiger partial charge on any atom is -0.330 e. The molecule has 0 radical (unpaired) electrons. The van der Waals surface area contributed by atoms with Crippen LogP contribution in [0.5, 0.6) is 0 Å². The van der Waals surface area contributed by atoms with Crippen molar-refractivity contribution in [3.8, 4) is 0 Å². The van der Waals surface area contributed by atoms with Gasteiger partial charge in [0, 0.05) is 6.42 Å². The van der Waals surface area contributed by atoms with Crippen LogP contribution in [0.1, 0.15) is 18.3 Å². The number of aromatic nitrogens is 2. The number of nitrogens with two attached hydrogens (primary N) is 1. The SMILES string of the molecule is CCc1nsc(Sc2c(F)cccc2CCN)n1. The number of aryl methyl sites for hydroxylation is 1. The van der Waals surface area contributed by atoms with E-state index < -0.39 is 0 Å². The smallest absolute Gasteiger partial charge is 0.174 e. The van der Waals surface area contributed by atoms with E-state index in [1.165, 1.54) is 29.4 Å². The second-order valence-corrected chi connectivity index (χ2v) is 5.71. The number of benzene rings is 1. The van der Waals surface area contributed by atoms with Crippen LogP contribution < -0.4 is 5.73 Å². The predicted octanol–water partition coefficient (Wildman–Crippen LogP) is 2.89. The lowest BCUT2D eigenvalue weighted by molar-refractivity contribution is 0.597. The third-order valence-electron chi connectivity index (χ3n) is 2.42. The van der Waals surface area contributed by atoms with Gasteiger partial charge in [0.05, 0.1) is 4.90 Å². The van der Waals surface area contributed by atoms with Crippen LogP contribution in [0.15, 0.2) is 27.4 Å². The first-order valence-electron chi connectivity index (χ1n) is 5.72. The Hall–Kier alpha value is -0.980. The molecule has 0 bridgehead atoms. The maximum Gasteiger partial charge on any atom is 0.174 e. The molecule has 1 aromatic carbocycles. The fraction of sp³-hybridized carbons (Fsp3) is 0.333. The van der Waals surface area contributed by atoms with Crippen molar-refractivity contribution < 1.29 is 4.39 Å². The van der Waals surface area contributed by atoms with Crippen molar-refractivity contribution in [1.29, 1.82) is 0 Å². The van der Waals surface area contributed by atoms with E-state index in [2.05, 4.69) is 9.36 Å². The Labute approximate surface area is 114 Å². The normalized spacial score (nSPS) is 10.8. The van der Waals surface area contributed by atoms with Gasteiger partial charge in [-0.2, -0.15) is 4.37 Å². The first-order chi connectivity index (χ1) is 8.74. The van der Waals surface area contributed by atoms with E-state index in [4.69, 9.17) is 5.73 Å². The average Bonchev–Trinajstić information content (AvgIpc) is 2.82. The van der Waals surface area contributed by atoms with Gasteiger partial charge in [-0.1, -0.05) is 30.8 Å². The highest BCUT2D eigenvalue weighted by molar-refractivity contribution is 8.01. The van der Waals surface area contributed by atoms with Gasteiger partial charge < -0.3 is 5.73 Å². The molecule has 0 aliphatic carbocycles. The molecular weight excluding hydrogens is 269 g/mol. The average molecular weight is 283 g/mol. The van der Waals surface area contributed by atoms with Gasteiger partial charge in [0.15, 0.2) is 4.34 Å². The largest absolute Gasteiger partial charge is 0.330 e. The van der Waals surface area contributed by atoms with Crippen molar-refractivity contribution >= 4 is 23.3 Å². The molecule has 0 fully saturated rings. The number of hydrogen-bond donors (Lipinski definition) is 1. The summed E-state index contributed by atoms with van der Waals surface area (Å²) in [5.74, 6) is 0.582. The van der Waals surface area contributed by atoms with E-state index >= 15 is 0 Å². The molecule has 96 valence electrons. The first-order valence-corrected chi connectivity index (χ1v) is 7.31. The molecule has 2 N–H and O–H groups in total. The summed E-state index contributed by atoms with van der Waals surface area (Å²) in [5, 5.41) is 0. The van der Waals surface area contributed by atoms with Crippen LogP contribution in [0, 0.1) is 5.82 Å². The molecule has 2 aromatic rings. The second-order valence-electron chi connectivity index (χ2n) is 3.70. The number of halogens is 1. The summed E-state index contributed by atoms with van der Waals surface area (Å²) in [4.78, 5) is 4.95. The van der Waals surface area contributed by atoms with Crippen molar-refractivity contribution in [1.82, 2.24) is 9.36 Å². The van der Waals surface area contributed by atoms with Gasteiger partial charge in [-0.15, -0.1) is 0 Å². The summed E-state index contributed by atoms with van der Waals surface area (Å²) in [6.07, 6.45) is 1.46. The summed E-state index contributed by atoms with van der Waals surface area (Å²) in [5.41, 5.74) is 6.47. The zero-order valence-electron chi connectivity index (χ0n) is 10.0. The minimum absolute atomic E-state index is 0.223. The molecule has 3 nitrogen and oxygen atoms in total. The molecular formula is C12H14FN3S2. The van der Waals surface area contributed by atoms with Gasteiger partial charge in [0.25, 0.3) is 0 Å². The zero-order valence-corrected chi connectivity index (χ0v) is 11.7. The summed E-state index contributed by atoms with van der Waals surface area (Å²) in [6.45, 7) is 2.51. The van der Waals surface area contributed by atoms with Gasteiger partial charge in [-0.3, -0.25) is 0 Å². The molecule has 1 aromatic heterocycles. The lowest BCUT2D eigenvalue weighted by Gasteiger charge is -2.07. The number of rotatable bonds is 5. The van der Waals surface area contributed by atoms with Crippen molar-refractivity contribution in [3.63, 3.8) is 0 Å². The van der Waals surface area contributed by atoms with Crippen molar-refractivity contribution in [3.05, 3.63) is 35.4 Å². The van der Waals surface area contributed by atoms with Crippen molar-refractivity contribution in [2.24, 2.45) is 5.73 Å². The van der Waals surface area contributed by atoms with Crippen LogP contribution in [-0.2, 0) is 12.8 Å². The Bertz CT molecular complexity index is 528. The molecule has 18 heavy (non-hydrogen) atoms. The van der Waals surface area contributed by atoms with Gasteiger partial charge in [-0.25, -0.2) is 9.37 Å². The quantitative estimate of drug-likeness (QED) is 0.916. The molecule has 0 saturated carbocycles. The lowest BCUT2D eigenvalue weighted by Crippen LogP contribution is -2.04. The fourth-order valence-electron chi connectivity index (χ4n) is 1.53. The van der Waals surface area contributed by atoms with E-state index in [1.807, 2.05) is 13.0 Å². The Morgan fingerprint density at radius 2 is 2.28 bits per heavy atom. The molecule has 1 heterocycles. The van der Waals surface area contributed by atoms with Crippen LogP contribution >= 0.6 is 23.3 Å². The molecule has 2 rings (SSSR count). The first kappa shape index (κ1) is 13.5. The van der Waals surface area contributed by atoms with Crippen LogP contribution in [0.25, 0.3) is 0 Å². The standard InChI is InChI=1S/C12H14FN3S2/c1-2-10-15-12(18-16-10)17-11-8(6-7-14)4-3-5-9(11)13/h3-5H,2,6-7,14H2,1H3. The Kier molecular flexibility index (Phi) is 4.68.